The maximum atomic E-state index is 6.22. The first-order valence-electron chi connectivity index (χ1n) is 7.41. The maximum absolute atomic E-state index is 6.22. The van der Waals surface area contributed by atoms with Gasteiger partial charge in [-0.2, -0.15) is 0 Å². The lowest BCUT2D eigenvalue weighted by molar-refractivity contribution is 0.0514. The van der Waals surface area contributed by atoms with Crippen LogP contribution in [0.4, 0.5) is 0 Å². The highest BCUT2D eigenvalue weighted by Gasteiger charge is 2.40. The number of nitrogens with one attached hydrogen (secondary N) is 1. The van der Waals surface area contributed by atoms with Crippen LogP contribution in [-0.2, 0) is 4.74 Å². The second kappa shape index (κ2) is 4.92. The Morgan fingerprint density at radius 3 is 2.60 bits per heavy atom. The van der Waals surface area contributed by atoms with E-state index in [-0.39, 0.29) is 17.2 Å². The van der Waals surface area contributed by atoms with E-state index in [2.05, 4.69) is 56.2 Å². The second-order valence-electron chi connectivity index (χ2n) is 7.28. The molecule has 3 aliphatic rings. The quantitative estimate of drug-likeness (QED) is 0.801. The van der Waals surface area contributed by atoms with Crippen LogP contribution < -0.4 is 5.32 Å². The SMILES string of the molecule is CC1(C)CC(OC2=NC3=CC=CCC3S2)CC(C)(C)N1. The standard InChI is InChI=1S/C16H24N2OS/c1-15(2)9-11(10-16(3,4)18-15)19-14-17-12-7-5-6-8-13(12)20-14/h5-7,11,13,18H,8-10H2,1-4H3. The van der Waals surface area contributed by atoms with E-state index in [9.17, 15) is 0 Å². The molecule has 1 N–H and O–H groups in total. The minimum atomic E-state index is 0.115. The summed E-state index contributed by atoms with van der Waals surface area (Å²) in [5, 5.41) is 5.02. The zero-order valence-corrected chi connectivity index (χ0v) is 13.6. The molecule has 110 valence electrons. The molecule has 20 heavy (non-hydrogen) atoms. The van der Waals surface area contributed by atoms with Crippen molar-refractivity contribution < 1.29 is 4.74 Å². The first kappa shape index (κ1) is 14.2. The Balaban J connectivity index is 1.68. The van der Waals surface area contributed by atoms with Crippen molar-refractivity contribution in [1.82, 2.24) is 5.32 Å². The van der Waals surface area contributed by atoms with E-state index >= 15 is 0 Å². The van der Waals surface area contributed by atoms with E-state index in [0.29, 0.717) is 5.25 Å². The Morgan fingerprint density at radius 1 is 1.25 bits per heavy atom. The molecule has 3 nitrogen and oxygen atoms in total. The lowest BCUT2D eigenvalue weighted by Crippen LogP contribution is -2.59. The number of hydrogen-bond donors (Lipinski definition) is 1. The van der Waals surface area contributed by atoms with Gasteiger partial charge in [-0.3, -0.25) is 0 Å². The summed E-state index contributed by atoms with van der Waals surface area (Å²) < 4.78 is 6.22. The van der Waals surface area contributed by atoms with Gasteiger partial charge in [0.2, 0.25) is 0 Å². The fourth-order valence-corrected chi connectivity index (χ4v) is 4.63. The van der Waals surface area contributed by atoms with Gasteiger partial charge in [-0.15, -0.1) is 0 Å². The van der Waals surface area contributed by atoms with Crippen LogP contribution in [0.25, 0.3) is 0 Å². The van der Waals surface area contributed by atoms with Gasteiger partial charge in [0, 0.05) is 23.9 Å². The number of aliphatic imine (C=N–C) groups is 1. The van der Waals surface area contributed by atoms with Crippen LogP contribution in [-0.4, -0.2) is 27.7 Å². The normalized spacial score (nSPS) is 31.5. The summed E-state index contributed by atoms with van der Waals surface area (Å²) >= 11 is 1.78. The van der Waals surface area contributed by atoms with Crippen LogP contribution in [0, 0.1) is 0 Å². The Bertz CT molecular complexity index is 475. The Hall–Kier alpha value is -0.740. The number of piperidine rings is 1. The summed E-state index contributed by atoms with van der Waals surface area (Å²) in [6.07, 6.45) is 9.77. The smallest absolute Gasteiger partial charge is 0.251 e. The third kappa shape index (κ3) is 3.12. The van der Waals surface area contributed by atoms with E-state index in [4.69, 9.17) is 4.74 Å². The zero-order chi connectivity index (χ0) is 14.4. The molecule has 1 fully saturated rings. The van der Waals surface area contributed by atoms with Crippen molar-refractivity contribution in [1.29, 1.82) is 0 Å². The number of fused-ring (bicyclic) bond motifs is 1. The summed E-state index contributed by atoms with van der Waals surface area (Å²) in [4.78, 5) is 4.65. The lowest BCUT2D eigenvalue weighted by Gasteiger charge is -2.46. The molecule has 0 aromatic heterocycles. The molecule has 0 aromatic carbocycles. The maximum Gasteiger partial charge on any atom is 0.251 e. The molecule has 1 unspecified atom stereocenters. The highest BCUT2D eigenvalue weighted by molar-refractivity contribution is 8.14. The van der Waals surface area contributed by atoms with E-state index in [1.54, 1.807) is 11.8 Å². The largest absolute Gasteiger partial charge is 0.469 e. The zero-order valence-electron chi connectivity index (χ0n) is 12.8. The molecular weight excluding hydrogens is 268 g/mol. The minimum Gasteiger partial charge on any atom is -0.469 e. The van der Waals surface area contributed by atoms with E-state index < -0.39 is 0 Å². The summed E-state index contributed by atoms with van der Waals surface area (Å²) in [7, 11) is 0. The summed E-state index contributed by atoms with van der Waals surface area (Å²) in [6, 6.07) is 0. The number of thioether (sulfide) groups is 1. The molecule has 4 heteroatoms. The number of hydrogen-bond acceptors (Lipinski definition) is 4. The van der Waals surface area contributed by atoms with Crippen molar-refractivity contribution in [3.8, 4) is 0 Å². The molecular formula is C16H24N2OS. The van der Waals surface area contributed by atoms with Gasteiger partial charge in [0.05, 0.1) is 10.9 Å². The van der Waals surface area contributed by atoms with Crippen molar-refractivity contribution in [2.75, 3.05) is 0 Å². The molecule has 0 saturated carbocycles. The van der Waals surface area contributed by atoms with Crippen LogP contribution in [0.1, 0.15) is 47.0 Å². The van der Waals surface area contributed by atoms with Gasteiger partial charge in [0.25, 0.3) is 5.23 Å². The van der Waals surface area contributed by atoms with Gasteiger partial charge in [0.1, 0.15) is 6.10 Å². The fraction of sp³-hybridized carbons (Fsp3) is 0.688. The predicted molar refractivity (Wildman–Crippen MR) is 86.1 cm³/mol. The molecule has 2 aliphatic heterocycles. The van der Waals surface area contributed by atoms with Gasteiger partial charge in [-0.1, -0.05) is 23.9 Å². The van der Waals surface area contributed by atoms with Gasteiger partial charge in [-0.25, -0.2) is 4.99 Å². The molecule has 2 heterocycles. The molecule has 0 spiro atoms. The van der Waals surface area contributed by atoms with Crippen molar-refractivity contribution >= 4 is 17.0 Å². The number of rotatable bonds is 1. The average Bonchev–Trinajstić information content (AvgIpc) is 2.66. The van der Waals surface area contributed by atoms with E-state index in [1.165, 1.54) is 5.70 Å². The Kier molecular flexibility index (Phi) is 3.49. The molecule has 0 aromatic rings. The van der Waals surface area contributed by atoms with Crippen molar-refractivity contribution in [2.45, 2.75) is 69.4 Å². The van der Waals surface area contributed by atoms with Gasteiger partial charge >= 0.3 is 0 Å². The topological polar surface area (TPSA) is 33.6 Å². The Labute approximate surface area is 125 Å². The van der Waals surface area contributed by atoms with Crippen LogP contribution in [0.15, 0.2) is 28.9 Å². The summed E-state index contributed by atoms with van der Waals surface area (Å²) in [5.41, 5.74) is 1.40. The van der Waals surface area contributed by atoms with E-state index in [1.807, 2.05) is 0 Å². The number of allylic oxidation sites excluding steroid dienone is 3. The fourth-order valence-electron chi connectivity index (χ4n) is 3.58. The highest BCUT2D eigenvalue weighted by Crippen LogP contribution is 2.38. The highest BCUT2D eigenvalue weighted by atomic mass is 32.2. The molecule has 0 amide bonds. The third-order valence-electron chi connectivity index (χ3n) is 3.97. The van der Waals surface area contributed by atoms with Crippen LogP contribution in [0.5, 0.6) is 0 Å². The second-order valence-corrected chi connectivity index (χ2v) is 8.43. The molecule has 0 radical (unpaired) electrons. The minimum absolute atomic E-state index is 0.115. The molecule has 1 atom stereocenters. The van der Waals surface area contributed by atoms with Crippen molar-refractivity contribution in [2.24, 2.45) is 4.99 Å². The van der Waals surface area contributed by atoms with Gasteiger partial charge in [-0.05, 0) is 40.2 Å². The van der Waals surface area contributed by atoms with Crippen molar-refractivity contribution in [3.05, 3.63) is 23.9 Å². The van der Waals surface area contributed by atoms with Crippen LogP contribution in [0.3, 0.4) is 0 Å². The Morgan fingerprint density at radius 2 is 1.95 bits per heavy atom. The average molecular weight is 292 g/mol. The summed E-state index contributed by atoms with van der Waals surface area (Å²) in [5.74, 6) is 0. The lowest BCUT2D eigenvalue weighted by atomic mass is 9.81. The molecule has 3 rings (SSSR count). The molecule has 1 saturated heterocycles. The summed E-state index contributed by atoms with van der Waals surface area (Å²) in [6.45, 7) is 9.00. The van der Waals surface area contributed by atoms with Gasteiger partial charge in [0.15, 0.2) is 0 Å². The van der Waals surface area contributed by atoms with Crippen LogP contribution >= 0.6 is 11.8 Å². The van der Waals surface area contributed by atoms with Crippen molar-refractivity contribution in [3.63, 3.8) is 0 Å². The van der Waals surface area contributed by atoms with Crippen LogP contribution in [0.2, 0.25) is 0 Å². The monoisotopic (exact) mass is 292 g/mol. The molecule has 0 bridgehead atoms. The number of ether oxygens (including phenoxy) is 1. The predicted octanol–water partition coefficient (Wildman–Crippen LogP) is 3.63. The van der Waals surface area contributed by atoms with E-state index in [0.717, 1.165) is 24.5 Å². The first-order chi connectivity index (χ1) is 9.33. The third-order valence-corrected chi connectivity index (χ3v) is 5.07. The van der Waals surface area contributed by atoms with Gasteiger partial charge < -0.3 is 10.1 Å². The molecule has 1 aliphatic carbocycles. The first-order valence-corrected chi connectivity index (χ1v) is 8.29. The number of nitrogens with zero attached hydrogens (tertiary/aromatic N) is 1.